The maximum atomic E-state index is 13.4. The number of benzene rings is 1. The molecule has 1 aliphatic carbocycles. The molecule has 1 aliphatic heterocycles. The molecular weight excluding hydrogens is 337 g/mol. The van der Waals surface area contributed by atoms with Gasteiger partial charge >= 0.3 is 5.97 Å². The zero-order chi connectivity index (χ0) is 18.3. The summed E-state index contributed by atoms with van der Waals surface area (Å²) in [4.78, 5) is 33.2. The van der Waals surface area contributed by atoms with Gasteiger partial charge in [-0.05, 0) is 49.3 Å². The van der Waals surface area contributed by atoms with Crippen LogP contribution in [-0.4, -0.2) is 44.9 Å². The number of carboxylic acid groups (broad SMARTS) is 1. The number of carbonyl (C=O) groups is 2. The van der Waals surface area contributed by atoms with Gasteiger partial charge in [0.2, 0.25) is 5.91 Å². The van der Waals surface area contributed by atoms with E-state index in [0.717, 1.165) is 12.8 Å². The van der Waals surface area contributed by atoms with Crippen molar-refractivity contribution in [1.29, 1.82) is 0 Å². The predicted octanol–water partition coefficient (Wildman–Crippen LogP) is 2.59. The highest BCUT2D eigenvalue weighted by molar-refractivity contribution is 5.81. The number of imidazole rings is 1. The van der Waals surface area contributed by atoms with E-state index in [-0.39, 0.29) is 35.9 Å². The number of amides is 1. The van der Waals surface area contributed by atoms with Crippen molar-refractivity contribution < 1.29 is 19.1 Å². The van der Waals surface area contributed by atoms with Gasteiger partial charge in [0.25, 0.3) is 0 Å². The number of carbonyl (C=O) groups excluding carboxylic acids is 1. The number of piperidine rings is 1. The lowest BCUT2D eigenvalue weighted by Crippen LogP contribution is -2.45. The van der Waals surface area contributed by atoms with E-state index < -0.39 is 5.97 Å². The summed E-state index contributed by atoms with van der Waals surface area (Å²) in [6.07, 6.45) is 3.29. The van der Waals surface area contributed by atoms with Gasteiger partial charge < -0.3 is 15.0 Å². The number of carboxylic acids is 1. The average Bonchev–Trinajstić information content (AvgIpc) is 3.36. The van der Waals surface area contributed by atoms with Crippen LogP contribution >= 0.6 is 0 Å². The molecule has 7 heteroatoms. The van der Waals surface area contributed by atoms with Crippen molar-refractivity contribution in [3.63, 3.8) is 0 Å². The monoisotopic (exact) mass is 359 g/mol. The number of rotatable bonds is 5. The normalized spacial score (nSPS) is 23.3. The summed E-state index contributed by atoms with van der Waals surface area (Å²) in [5.41, 5.74) is 1.33. The van der Waals surface area contributed by atoms with Crippen LogP contribution in [0.25, 0.3) is 11.0 Å². The number of fused-ring (bicyclic) bond motifs is 1. The molecule has 2 atom stereocenters. The van der Waals surface area contributed by atoms with Crippen molar-refractivity contribution in [3.05, 3.63) is 29.8 Å². The molecule has 2 heterocycles. The average molecular weight is 359 g/mol. The van der Waals surface area contributed by atoms with Gasteiger partial charge in [-0.3, -0.25) is 9.59 Å². The number of hydrogen-bond acceptors (Lipinski definition) is 3. The van der Waals surface area contributed by atoms with E-state index in [4.69, 9.17) is 0 Å². The quantitative estimate of drug-likeness (QED) is 0.859. The summed E-state index contributed by atoms with van der Waals surface area (Å²) >= 11 is 0. The summed E-state index contributed by atoms with van der Waals surface area (Å²) in [6, 6.07) is 4.41. The third-order valence-corrected chi connectivity index (χ3v) is 5.51. The third kappa shape index (κ3) is 3.57. The Morgan fingerprint density at radius 3 is 2.81 bits per heavy atom. The molecule has 0 bridgehead atoms. The molecule has 4 rings (SSSR count). The minimum Gasteiger partial charge on any atom is -0.481 e. The molecule has 2 aliphatic rings. The molecule has 1 aromatic heterocycles. The zero-order valence-electron chi connectivity index (χ0n) is 14.4. The predicted molar refractivity (Wildman–Crippen MR) is 92.9 cm³/mol. The summed E-state index contributed by atoms with van der Waals surface area (Å²) < 4.78 is 13.4. The number of likely N-dealkylation sites (tertiary alicyclic amines) is 1. The van der Waals surface area contributed by atoms with Crippen LogP contribution in [0.3, 0.4) is 0 Å². The van der Waals surface area contributed by atoms with E-state index in [1.54, 1.807) is 6.07 Å². The van der Waals surface area contributed by atoms with E-state index in [2.05, 4.69) is 9.97 Å². The van der Waals surface area contributed by atoms with Gasteiger partial charge in [-0.2, -0.15) is 0 Å². The highest BCUT2D eigenvalue weighted by Crippen LogP contribution is 2.35. The molecule has 26 heavy (non-hydrogen) atoms. The van der Waals surface area contributed by atoms with E-state index in [1.807, 2.05) is 4.90 Å². The Morgan fingerprint density at radius 2 is 2.08 bits per heavy atom. The molecule has 0 radical (unpaired) electrons. The number of aromatic nitrogens is 2. The van der Waals surface area contributed by atoms with Crippen LogP contribution in [-0.2, 0) is 16.0 Å². The molecule has 0 spiro atoms. The number of nitrogens with zero attached hydrogens (tertiary/aromatic N) is 2. The summed E-state index contributed by atoms with van der Waals surface area (Å²) in [6.45, 7) is 1.20. The first-order valence-corrected chi connectivity index (χ1v) is 9.14. The van der Waals surface area contributed by atoms with Gasteiger partial charge in [0.15, 0.2) is 0 Å². The van der Waals surface area contributed by atoms with Crippen molar-refractivity contribution in [2.24, 2.45) is 17.8 Å². The number of aliphatic carboxylic acids is 1. The first kappa shape index (κ1) is 17.0. The second kappa shape index (κ2) is 6.70. The van der Waals surface area contributed by atoms with Crippen LogP contribution in [0.2, 0.25) is 0 Å². The fraction of sp³-hybridized carbons (Fsp3) is 0.526. The largest absolute Gasteiger partial charge is 0.481 e. The number of H-pyrrole nitrogens is 1. The SMILES string of the molecule is O=C(O)CC1CCN(C(=O)C2CC2)CC1Cc1nc2ccc(F)cc2[nH]1. The molecule has 2 aromatic rings. The van der Waals surface area contributed by atoms with Crippen molar-refractivity contribution in [1.82, 2.24) is 14.9 Å². The van der Waals surface area contributed by atoms with Crippen LogP contribution in [0.4, 0.5) is 4.39 Å². The van der Waals surface area contributed by atoms with Gasteiger partial charge in [-0.15, -0.1) is 0 Å². The number of hydrogen-bond donors (Lipinski definition) is 2. The standard InChI is InChI=1S/C19H22FN3O3/c20-14-3-4-15-16(9-14)22-17(21-15)7-13-10-23(19(26)11-1-2-11)6-5-12(13)8-18(24)25/h3-4,9,11-13H,1-2,5-8,10H2,(H,21,22)(H,24,25). The van der Waals surface area contributed by atoms with Crippen LogP contribution in [0.15, 0.2) is 18.2 Å². The van der Waals surface area contributed by atoms with E-state index in [1.165, 1.54) is 12.1 Å². The topological polar surface area (TPSA) is 86.3 Å². The molecule has 2 fully saturated rings. The van der Waals surface area contributed by atoms with Gasteiger partial charge in [-0.1, -0.05) is 0 Å². The number of aromatic amines is 1. The lowest BCUT2D eigenvalue weighted by molar-refractivity contribution is -0.140. The first-order valence-electron chi connectivity index (χ1n) is 9.14. The highest BCUT2D eigenvalue weighted by Gasteiger charge is 2.38. The minimum atomic E-state index is -0.811. The molecule has 138 valence electrons. The summed E-state index contributed by atoms with van der Waals surface area (Å²) in [5.74, 6) is 0.000596. The molecule has 1 saturated carbocycles. The Hall–Kier alpha value is -2.44. The molecule has 6 nitrogen and oxygen atoms in total. The van der Waals surface area contributed by atoms with Crippen molar-refractivity contribution in [2.75, 3.05) is 13.1 Å². The second-order valence-electron chi connectivity index (χ2n) is 7.51. The van der Waals surface area contributed by atoms with Crippen molar-refractivity contribution in [3.8, 4) is 0 Å². The Bertz CT molecular complexity index is 846. The smallest absolute Gasteiger partial charge is 0.303 e. The van der Waals surface area contributed by atoms with Gasteiger partial charge in [0, 0.05) is 31.8 Å². The number of halogens is 1. The molecule has 1 amide bonds. The highest BCUT2D eigenvalue weighted by atomic mass is 19.1. The minimum absolute atomic E-state index is 0.0145. The third-order valence-electron chi connectivity index (χ3n) is 5.51. The Kier molecular flexibility index (Phi) is 4.38. The zero-order valence-corrected chi connectivity index (χ0v) is 14.4. The van der Waals surface area contributed by atoms with E-state index in [0.29, 0.717) is 42.8 Å². The molecule has 1 aromatic carbocycles. The van der Waals surface area contributed by atoms with Crippen molar-refractivity contribution >= 4 is 22.9 Å². The van der Waals surface area contributed by atoms with E-state index >= 15 is 0 Å². The van der Waals surface area contributed by atoms with Crippen LogP contribution in [0.1, 0.15) is 31.5 Å². The van der Waals surface area contributed by atoms with Crippen LogP contribution < -0.4 is 0 Å². The Morgan fingerprint density at radius 1 is 1.27 bits per heavy atom. The first-order chi connectivity index (χ1) is 12.5. The lowest BCUT2D eigenvalue weighted by atomic mass is 9.81. The Labute approximate surface area is 150 Å². The molecule has 2 N–H and O–H groups in total. The summed E-state index contributed by atoms with van der Waals surface area (Å²) in [5, 5.41) is 9.22. The Balaban J connectivity index is 1.53. The fourth-order valence-electron chi connectivity index (χ4n) is 3.97. The van der Waals surface area contributed by atoms with Crippen molar-refractivity contribution in [2.45, 2.75) is 32.1 Å². The second-order valence-corrected chi connectivity index (χ2v) is 7.51. The fourth-order valence-corrected chi connectivity index (χ4v) is 3.97. The molecule has 1 saturated heterocycles. The van der Waals surface area contributed by atoms with Gasteiger partial charge in [0.05, 0.1) is 11.0 Å². The maximum absolute atomic E-state index is 13.4. The molecular formula is C19H22FN3O3. The van der Waals surface area contributed by atoms with Gasteiger partial charge in [0.1, 0.15) is 11.6 Å². The summed E-state index contributed by atoms with van der Waals surface area (Å²) in [7, 11) is 0. The van der Waals surface area contributed by atoms with Crippen LogP contribution in [0, 0.1) is 23.6 Å². The van der Waals surface area contributed by atoms with E-state index in [9.17, 15) is 19.1 Å². The number of nitrogens with one attached hydrogen (secondary N) is 1. The van der Waals surface area contributed by atoms with Gasteiger partial charge in [-0.25, -0.2) is 9.37 Å². The maximum Gasteiger partial charge on any atom is 0.303 e. The lowest BCUT2D eigenvalue weighted by Gasteiger charge is -2.38. The van der Waals surface area contributed by atoms with Crippen LogP contribution in [0.5, 0.6) is 0 Å². The molecule has 2 unspecified atom stereocenters.